The molecule has 0 radical (unpaired) electrons. The molecule has 3 aliphatic heterocycles. The lowest BCUT2D eigenvalue weighted by atomic mass is 9.96. The normalized spacial score (nSPS) is 20.9. The van der Waals surface area contributed by atoms with Gasteiger partial charge in [0.15, 0.2) is 6.17 Å². The van der Waals surface area contributed by atoms with Crippen molar-refractivity contribution in [3.63, 3.8) is 0 Å². The number of anilines is 3. The molecular formula is C25H26ClN5. The number of hydrogen-bond donors (Lipinski definition) is 2. The van der Waals surface area contributed by atoms with E-state index in [4.69, 9.17) is 16.6 Å². The van der Waals surface area contributed by atoms with Crippen molar-refractivity contribution in [2.24, 2.45) is 4.99 Å². The zero-order chi connectivity index (χ0) is 21.5. The van der Waals surface area contributed by atoms with Gasteiger partial charge in [0.05, 0.1) is 23.0 Å². The predicted octanol–water partition coefficient (Wildman–Crippen LogP) is 5.65. The molecule has 0 fully saturated rings. The average Bonchev–Trinajstić information content (AvgIpc) is 3.13. The highest BCUT2D eigenvalue weighted by Crippen LogP contribution is 2.52. The summed E-state index contributed by atoms with van der Waals surface area (Å²) in [5, 5.41) is 10.3. The van der Waals surface area contributed by atoms with Crippen LogP contribution in [-0.4, -0.2) is 25.6 Å². The van der Waals surface area contributed by atoms with E-state index in [-0.39, 0.29) is 12.3 Å². The van der Waals surface area contributed by atoms with E-state index >= 15 is 0 Å². The molecule has 2 unspecified atom stereocenters. The van der Waals surface area contributed by atoms with Crippen molar-refractivity contribution >= 4 is 45.3 Å². The van der Waals surface area contributed by atoms with Crippen LogP contribution in [0.1, 0.15) is 25.6 Å². The molecule has 31 heavy (non-hydrogen) atoms. The van der Waals surface area contributed by atoms with Gasteiger partial charge in [0.1, 0.15) is 12.0 Å². The number of para-hydroxylation sites is 2. The maximum absolute atomic E-state index is 6.13. The number of fused-ring (bicyclic) bond motifs is 7. The van der Waals surface area contributed by atoms with Crippen molar-refractivity contribution in [2.75, 3.05) is 28.7 Å². The Morgan fingerprint density at radius 2 is 1.71 bits per heavy atom. The Labute approximate surface area is 188 Å². The smallest absolute Gasteiger partial charge is 0.161 e. The molecule has 0 saturated heterocycles. The highest BCUT2D eigenvalue weighted by atomic mass is 35.5. The minimum atomic E-state index is -0.110. The van der Waals surface area contributed by atoms with Crippen LogP contribution in [0, 0.1) is 0 Å². The summed E-state index contributed by atoms with van der Waals surface area (Å²) in [7, 11) is 2.17. The first-order valence-electron chi connectivity index (χ1n) is 10.8. The molecule has 2 atom stereocenters. The SMILES string of the molecule is CC.CN1c2ccccc2N2C(C3=NCC(Cl)=CN3)Nc3ccc4ccccc4c3C12. The van der Waals surface area contributed by atoms with Crippen LogP contribution in [0.4, 0.5) is 17.1 Å². The van der Waals surface area contributed by atoms with Gasteiger partial charge in [-0.3, -0.25) is 4.99 Å². The van der Waals surface area contributed by atoms with Crippen LogP contribution in [-0.2, 0) is 0 Å². The van der Waals surface area contributed by atoms with E-state index in [1.54, 1.807) is 0 Å². The van der Waals surface area contributed by atoms with Crippen LogP contribution < -0.4 is 20.4 Å². The van der Waals surface area contributed by atoms with Gasteiger partial charge >= 0.3 is 0 Å². The third-order valence-electron chi connectivity index (χ3n) is 6.01. The molecule has 0 aliphatic carbocycles. The largest absolute Gasteiger partial charge is 0.359 e. The summed E-state index contributed by atoms with van der Waals surface area (Å²) in [6, 6.07) is 21.5. The summed E-state index contributed by atoms with van der Waals surface area (Å²) in [5.74, 6) is 0.878. The Bertz CT molecular complexity index is 1200. The highest BCUT2D eigenvalue weighted by molar-refractivity contribution is 6.30. The lowest BCUT2D eigenvalue weighted by Gasteiger charge is -2.44. The second kappa shape index (κ2) is 7.82. The predicted molar refractivity (Wildman–Crippen MR) is 132 cm³/mol. The van der Waals surface area contributed by atoms with Crippen molar-refractivity contribution < 1.29 is 0 Å². The number of amidine groups is 1. The summed E-state index contributed by atoms with van der Waals surface area (Å²) in [4.78, 5) is 9.49. The Kier molecular flexibility index (Phi) is 4.98. The third-order valence-corrected chi connectivity index (χ3v) is 6.23. The molecule has 3 aliphatic rings. The van der Waals surface area contributed by atoms with E-state index in [1.807, 2.05) is 20.0 Å². The molecule has 3 aromatic carbocycles. The van der Waals surface area contributed by atoms with Crippen molar-refractivity contribution in [1.82, 2.24) is 5.32 Å². The number of benzene rings is 3. The van der Waals surface area contributed by atoms with E-state index < -0.39 is 0 Å². The van der Waals surface area contributed by atoms with Gasteiger partial charge in [-0.15, -0.1) is 0 Å². The summed E-state index contributed by atoms with van der Waals surface area (Å²) in [6.07, 6.45) is 1.80. The zero-order valence-electron chi connectivity index (χ0n) is 17.9. The summed E-state index contributed by atoms with van der Waals surface area (Å²) >= 11 is 6.13. The molecule has 3 heterocycles. The lowest BCUT2D eigenvalue weighted by molar-refractivity contribution is 0.607. The number of halogens is 1. The number of nitrogens with zero attached hydrogens (tertiary/aromatic N) is 3. The Morgan fingerprint density at radius 1 is 0.968 bits per heavy atom. The van der Waals surface area contributed by atoms with Crippen LogP contribution in [0.2, 0.25) is 0 Å². The molecule has 158 valence electrons. The number of nitrogens with one attached hydrogen (secondary N) is 2. The Hall–Kier alpha value is -3.18. The molecular weight excluding hydrogens is 406 g/mol. The maximum Gasteiger partial charge on any atom is 0.161 e. The number of aliphatic imine (C=N–C) groups is 1. The summed E-state index contributed by atoms with van der Waals surface area (Å²) in [5.41, 5.74) is 4.85. The summed E-state index contributed by atoms with van der Waals surface area (Å²) in [6.45, 7) is 4.50. The Morgan fingerprint density at radius 3 is 2.48 bits per heavy atom. The second-order valence-corrected chi connectivity index (χ2v) is 8.10. The van der Waals surface area contributed by atoms with Crippen molar-refractivity contribution in [3.8, 4) is 0 Å². The van der Waals surface area contributed by atoms with Crippen LogP contribution in [0.25, 0.3) is 10.8 Å². The average molecular weight is 432 g/mol. The Balaban J connectivity index is 0.000000994. The van der Waals surface area contributed by atoms with Gasteiger partial charge in [-0.1, -0.05) is 67.9 Å². The van der Waals surface area contributed by atoms with Gasteiger partial charge in [0, 0.05) is 24.5 Å². The monoisotopic (exact) mass is 431 g/mol. The minimum Gasteiger partial charge on any atom is -0.359 e. The molecule has 3 aromatic rings. The van der Waals surface area contributed by atoms with Gasteiger partial charge < -0.3 is 20.4 Å². The van der Waals surface area contributed by atoms with E-state index in [0.29, 0.717) is 11.6 Å². The molecule has 0 amide bonds. The molecule has 0 bridgehead atoms. The first-order valence-corrected chi connectivity index (χ1v) is 11.1. The molecule has 0 saturated carbocycles. The first kappa shape index (κ1) is 19.8. The fourth-order valence-electron chi connectivity index (χ4n) is 4.73. The maximum atomic E-state index is 6.13. The van der Waals surface area contributed by atoms with Crippen molar-refractivity contribution in [1.29, 1.82) is 0 Å². The van der Waals surface area contributed by atoms with E-state index in [1.165, 1.54) is 27.7 Å². The van der Waals surface area contributed by atoms with Gasteiger partial charge in [0.25, 0.3) is 0 Å². The minimum absolute atomic E-state index is 0.0747. The lowest BCUT2D eigenvalue weighted by Crippen LogP contribution is -2.56. The highest BCUT2D eigenvalue weighted by Gasteiger charge is 2.45. The molecule has 6 rings (SSSR count). The van der Waals surface area contributed by atoms with Crippen molar-refractivity contribution in [3.05, 3.63) is 77.5 Å². The van der Waals surface area contributed by atoms with E-state index in [2.05, 4.69) is 88.1 Å². The van der Waals surface area contributed by atoms with Crippen LogP contribution in [0.5, 0.6) is 0 Å². The molecule has 2 N–H and O–H groups in total. The van der Waals surface area contributed by atoms with Crippen LogP contribution >= 0.6 is 11.6 Å². The standard InChI is InChI=1S/C23H20ClN5.C2H6/c1-28-18-8-4-5-9-19(18)29-22(21-25-12-15(24)13-26-21)27-17-11-10-14-6-2-3-7-16(14)20(17)23(28)29;1-2/h2-12,22-23,27H,13H2,1H3,(H,25,26);1-2H3. The first-order chi connectivity index (χ1) is 15.2. The van der Waals surface area contributed by atoms with Gasteiger partial charge in [-0.05, 0) is 29.0 Å². The van der Waals surface area contributed by atoms with Gasteiger partial charge in [0.2, 0.25) is 0 Å². The molecule has 6 heteroatoms. The number of hydrogen-bond acceptors (Lipinski definition) is 5. The number of rotatable bonds is 1. The quantitative estimate of drug-likeness (QED) is 0.522. The van der Waals surface area contributed by atoms with E-state index in [9.17, 15) is 0 Å². The zero-order valence-corrected chi connectivity index (χ0v) is 18.7. The van der Waals surface area contributed by atoms with Crippen LogP contribution in [0.3, 0.4) is 0 Å². The topological polar surface area (TPSA) is 42.9 Å². The third kappa shape index (κ3) is 3.03. The van der Waals surface area contributed by atoms with E-state index in [0.717, 1.165) is 11.5 Å². The van der Waals surface area contributed by atoms with Gasteiger partial charge in [-0.25, -0.2) is 0 Å². The molecule has 0 aromatic heterocycles. The fraction of sp³-hybridized carbons (Fsp3) is 0.240. The fourth-order valence-corrected chi connectivity index (χ4v) is 4.84. The molecule has 5 nitrogen and oxygen atoms in total. The summed E-state index contributed by atoms with van der Waals surface area (Å²) < 4.78 is 0. The van der Waals surface area contributed by atoms with Gasteiger partial charge in [-0.2, -0.15) is 0 Å². The second-order valence-electron chi connectivity index (χ2n) is 7.61. The molecule has 0 spiro atoms. The van der Waals surface area contributed by atoms with Crippen molar-refractivity contribution in [2.45, 2.75) is 26.2 Å². The van der Waals surface area contributed by atoms with Crippen LogP contribution in [0.15, 0.2) is 76.9 Å².